The minimum absolute atomic E-state index is 0.145. The molecule has 112 valence electrons. The van der Waals surface area contributed by atoms with Crippen LogP contribution in [0.1, 0.15) is 42.9 Å². The zero-order valence-corrected chi connectivity index (χ0v) is 11.1. The number of alkyl halides is 3. The number of aromatic nitrogens is 1. The molecule has 20 heavy (non-hydrogen) atoms. The van der Waals surface area contributed by atoms with Crippen LogP contribution in [0, 0.1) is 0 Å². The Morgan fingerprint density at radius 3 is 2.80 bits per heavy atom. The van der Waals surface area contributed by atoms with Crippen molar-refractivity contribution < 1.29 is 27.1 Å². The highest BCUT2D eigenvalue weighted by Gasteiger charge is 2.40. The summed E-state index contributed by atoms with van der Waals surface area (Å²) in [6, 6.07) is 0. The predicted molar refractivity (Wildman–Crippen MR) is 62.0 cm³/mol. The summed E-state index contributed by atoms with van der Waals surface area (Å²) in [5.41, 5.74) is -1.02. The average molecular weight is 292 g/mol. The lowest BCUT2D eigenvalue weighted by molar-refractivity contribution is -0.153. The van der Waals surface area contributed by atoms with Crippen molar-refractivity contribution in [2.45, 2.75) is 44.6 Å². The van der Waals surface area contributed by atoms with Crippen LogP contribution < -0.4 is 5.32 Å². The van der Waals surface area contributed by atoms with Gasteiger partial charge in [0.05, 0.1) is 11.7 Å². The van der Waals surface area contributed by atoms with Gasteiger partial charge in [-0.25, -0.2) is 4.98 Å². The smallest absolute Gasteiger partial charge is 0.438 e. The first-order valence-electron chi connectivity index (χ1n) is 6.16. The summed E-state index contributed by atoms with van der Waals surface area (Å²) in [4.78, 5) is 15.0. The number of ether oxygens (including phenoxy) is 1. The second-order valence-corrected chi connectivity index (χ2v) is 5.28. The lowest BCUT2D eigenvalue weighted by Gasteiger charge is -2.19. The molecule has 1 amide bonds. The fraction of sp³-hybridized carbons (Fsp3) is 0.667. The predicted octanol–water partition coefficient (Wildman–Crippen LogP) is 2.38. The van der Waals surface area contributed by atoms with Crippen LogP contribution in [-0.2, 0) is 10.9 Å². The molecule has 1 N–H and O–H groups in total. The summed E-state index contributed by atoms with van der Waals surface area (Å²) < 4.78 is 47.5. The quantitative estimate of drug-likeness (QED) is 0.929. The minimum Gasteiger partial charge on any atom is -0.438 e. The van der Waals surface area contributed by atoms with Crippen molar-refractivity contribution >= 4 is 5.91 Å². The van der Waals surface area contributed by atoms with Crippen molar-refractivity contribution in [3.05, 3.63) is 17.8 Å². The van der Waals surface area contributed by atoms with Crippen molar-refractivity contribution in [2.75, 3.05) is 6.54 Å². The topological polar surface area (TPSA) is 64.4 Å². The number of amides is 1. The number of nitrogens with zero attached hydrogens (tertiary/aromatic N) is 1. The van der Waals surface area contributed by atoms with Crippen LogP contribution in [0.3, 0.4) is 0 Å². The van der Waals surface area contributed by atoms with Gasteiger partial charge in [-0.3, -0.25) is 4.79 Å². The molecule has 0 aromatic carbocycles. The number of carbonyl (C=O) groups is 1. The maximum Gasteiger partial charge on any atom is 0.452 e. The Morgan fingerprint density at radius 1 is 1.55 bits per heavy atom. The molecule has 1 fully saturated rings. The van der Waals surface area contributed by atoms with Crippen molar-refractivity contribution in [3.8, 4) is 0 Å². The van der Waals surface area contributed by atoms with E-state index in [0.29, 0.717) is 6.39 Å². The van der Waals surface area contributed by atoms with E-state index in [4.69, 9.17) is 4.74 Å². The second kappa shape index (κ2) is 5.08. The molecule has 0 saturated carbocycles. The van der Waals surface area contributed by atoms with Crippen LogP contribution in [0.4, 0.5) is 13.2 Å². The third kappa shape index (κ3) is 3.30. The van der Waals surface area contributed by atoms with E-state index in [1.165, 1.54) is 0 Å². The van der Waals surface area contributed by atoms with Gasteiger partial charge in [-0.2, -0.15) is 13.2 Å². The van der Waals surface area contributed by atoms with E-state index in [1.807, 2.05) is 13.8 Å². The number of nitrogens with one attached hydrogen (secondary N) is 1. The number of hydrogen-bond acceptors (Lipinski definition) is 4. The van der Waals surface area contributed by atoms with E-state index in [9.17, 15) is 18.0 Å². The molecule has 0 radical (unpaired) electrons. The Hall–Kier alpha value is -1.57. The molecule has 1 saturated heterocycles. The van der Waals surface area contributed by atoms with Gasteiger partial charge in [-0.15, -0.1) is 0 Å². The second-order valence-electron chi connectivity index (χ2n) is 5.28. The van der Waals surface area contributed by atoms with Crippen LogP contribution in [0.2, 0.25) is 0 Å². The van der Waals surface area contributed by atoms with Gasteiger partial charge in [0, 0.05) is 6.54 Å². The SMILES string of the molecule is CC1(C)CCC(CNC(=O)c2ncoc2C(F)(F)F)O1. The zero-order valence-electron chi connectivity index (χ0n) is 11.1. The van der Waals surface area contributed by atoms with E-state index in [2.05, 4.69) is 14.7 Å². The maximum absolute atomic E-state index is 12.5. The van der Waals surface area contributed by atoms with Crippen LogP contribution in [-0.4, -0.2) is 29.1 Å². The van der Waals surface area contributed by atoms with Gasteiger partial charge in [0.15, 0.2) is 12.1 Å². The van der Waals surface area contributed by atoms with Crippen molar-refractivity contribution in [1.82, 2.24) is 10.3 Å². The number of carbonyl (C=O) groups excluding carboxylic acids is 1. The lowest BCUT2D eigenvalue weighted by atomic mass is 10.1. The highest BCUT2D eigenvalue weighted by molar-refractivity contribution is 5.93. The Morgan fingerprint density at radius 2 is 2.25 bits per heavy atom. The van der Waals surface area contributed by atoms with Gasteiger partial charge in [-0.1, -0.05) is 0 Å². The summed E-state index contributed by atoms with van der Waals surface area (Å²) in [6.45, 7) is 3.99. The minimum atomic E-state index is -4.74. The van der Waals surface area contributed by atoms with E-state index in [0.717, 1.165) is 12.8 Å². The van der Waals surface area contributed by atoms with Gasteiger partial charge < -0.3 is 14.5 Å². The summed E-state index contributed by atoms with van der Waals surface area (Å²) in [6.07, 6.45) is -2.75. The highest BCUT2D eigenvalue weighted by Crippen LogP contribution is 2.32. The Labute approximate surface area is 113 Å². The molecule has 1 atom stereocenters. The first-order chi connectivity index (χ1) is 9.19. The molecule has 2 rings (SSSR count). The molecule has 1 unspecified atom stereocenters. The lowest BCUT2D eigenvalue weighted by Crippen LogP contribution is -2.34. The summed E-state index contributed by atoms with van der Waals surface area (Å²) in [5.74, 6) is -2.30. The Kier molecular flexibility index (Phi) is 3.77. The summed E-state index contributed by atoms with van der Waals surface area (Å²) in [5, 5.41) is 2.39. The third-order valence-electron chi connectivity index (χ3n) is 3.08. The van der Waals surface area contributed by atoms with Crippen molar-refractivity contribution in [3.63, 3.8) is 0 Å². The van der Waals surface area contributed by atoms with E-state index < -0.39 is 23.5 Å². The van der Waals surface area contributed by atoms with Crippen LogP contribution in [0.15, 0.2) is 10.8 Å². The standard InChI is InChI=1S/C12H15F3N2O3/c1-11(2)4-3-7(20-11)5-16-10(18)8-9(12(13,14)15)19-6-17-8/h6-7H,3-5H2,1-2H3,(H,16,18). The number of halogens is 3. The van der Waals surface area contributed by atoms with Gasteiger partial charge in [0.1, 0.15) is 0 Å². The summed E-state index contributed by atoms with van der Waals surface area (Å²) in [7, 11) is 0. The average Bonchev–Trinajstić information content (AvgIpc) is 2.91. The van der Waals surface area contributed by atoms with E-state index >= 15 is 0 Å². The molecule has 0 spiro atoms. The largest absolute Gasteiger partial charge is 0.452 e. The molecule has 2 heterocycles. The normalized spacial score (nSPS) is 21.9. The summed E-state index contributed by atoms with van der Waals surface area (Å²) >= 11 is 0. The van der Waals surface area contributed by atoms with E-state index in [-0.39, 0.29) is 18.2 Å². The van der Waals surface area contributed by atoms with Crippen LogP contribution >= 0.6 is 0 Å². The third-order valence-corrected chi connectivity index (χ3v) is 3.08. The molecular formula is C12H15F3N2O3. The Balaban J connectivity index is 1.95. The fourth-order valence-corrected chi connectivity index (χ4v) is 2.12. The van der Waals surface area contributed by atoms with Crippen molar-refractivity contribution in [1.29, 1.82) is 0 Å². The molecule has 0 aliphatic carbocycles. The molecule has 8 heteroatoms. The monoisotopic (exact) mass is 292 g/mol. The first kappa shape index (κ1) is 14.8. The zero-order chi connectivity index (χ0) is 15.0. The fourth-order valence-electron chi connectivity index (χ4n) is 2.12. The molecule has 1 aliphatic rings. The molecular weight excluding hydrogens is 277 g/mol. The van der Waals surface area contributed by atoms with Gasteiger partial charge in [0.25, 0.3) is 5.91 Å². The van der Waals surface area contributed by atoms with Crippen LogP contribution in [0.25, 0.3) is 0 Å². The van der Waals surface area contributed by atoms with Gasteiger partial charge >= 0.3 is 6.18 Å². The maximum atomic E-state index is 12.5. The number of hydrogen-bond donors (Lipinski definition) is 1. The molecule has 0 bridgehead atoms. The van der Waals surface area contributed by atoms with Gasteiger partial charge in [-0.05, 0) is 26.7 Å². The molecule has 1 aromatic rings. The Bertz CT molecular complexity index is 496. The number of rotatable bonds is 3. The number of oxazole rings is 1. The molecule has 1 aliphatic heterocycles. The molecule has 5 nitrogen and oxygen atoms in total. The first-order valence-corrected chi connectivity index (χ1v) is 6.16. The van der Waals surface area contributed by atoms with Crippen LogP contribution in [0.5, 0.6) is 0 Å². The van der Waals surface area contributed by atoms with E-state index in [1.54, 1.807) is 0 Å². The molecule has 1 aromatic heterocycles. The highest BCUT2D eigenvalue weighted by atomic mass is 19.4. The van der Waals surface area contributed by atoms with Gasteiger partial charge in [0.2, 0.25) is 5.76 Å². The van der Waals surface area contributed by atoms with Crippen molar-refractivity contribution in [2.24, 2.45) is 0 Å².